The van der Waals surface area contributed by atoms with Crippen LogP contribution in [0.25, 0.3) is 10.3 Å². The highest BCUT2D eigenvalue weighted by molar-refractivity contribution is 7.89. The van der Waals surface area contributed by atoms with Gasteiger partial charge in [-0.3, -0.25) is 4.79 Å². The molecule has 1 aliphatic heterocycles. The van der Waals surface area contributed by atoms with E-state index in [0.717, 1.165) is 37.9 Å². The Morgan fingerprint density at radius 1 is 1.08 bits per heavy atom. The molecule has 2 aromatic heterocycles. The lowest BCUT2D eigenvalue weighted by Gasteiger charge is -2.31. The zero-order valence-electron chi connectivity index (χ0n) is 20.4. The first kappa shape index (κ1) is 25.1. The number of fused-ring (bicyclic) bond motifs is 1. The van der Waals surface area contributed by atoms with Crippen LogP contribution in [0.5, 0.6) is 0 Å². The lowest BCUT2D eigenvalue weighted by molar-refractivity contribution is -0.118. The molecule has 1 saturated heterocycles. The predicted molar refractivity (Wildman–Crippen MR) is 142 cm³/mol. The van der Waals surface area contributed by atoms with Crippen molar-refractivity contribution in [2.24, 2.45) is 5.92 Å². The smallest absolute Gasteiger partial charge is 0.243 e. The van der Waals surface area contributed by atoms with Gasteiger partial charge in [-0.2, -0.15) is 4.31 Å². The molecule has 0 bridgehead atoms. The number of nitrogens with two attached hydrogens (primary N) is 1. The summed E-state index contributed by atoms with van der Waals surface area (Å²) in [4.78, 5) is 25.3. The summed E-state index contributed by atoms with van der Waals surface area (Å²) < 4.78 is 27.8. The van der Waals surface area contributed by atoms with Crippen LogP contribution in [0.4, 0.5) is 10.9 Å². The van der Waals surface area contributed by atoms with Gasteiger partial charge < -0.3 is 16.0 Å². The number of benzene rings is 1. The van der Waals surface area contributed by atoms with Crippen molar-refractivity contribution in [3.05, 3.63) is 42.0 Å². The van der Waals surface area contributed by atoms with Gasteiger partial charge in [0.1, 0.15) is 16.2 Å². The molecule has 1 aromatic carbocycles. The molecule has 192 valence electrons. The van der Waals surface area contributed by atoms with E-state index in [2.05, 4.69) is 20.2 Å². The third-order valence-corrected chi connectivity index (χ3v) is 10.0. The summed E-state index contributed by atoms with van der Waals surface area (Å²) >= 11 is 1.29. The van der Waals surface area contributed by atoms with E-state index in [-0.39, 0.29) is 10.8 Å². The fraction of sp³-hybridized carbons (Fsp3) is 0.480. The molecule has 1 atom stereocenters. The van der Waals surface area contributed by atoms with Crippen molar-refractivity contribution in [3.8, 4) is 0 Å². The lowest BCUT2D eigenvalue weighted by atomic mass is 9.87. The molecule has 9 nitrogen and oxygen atoms in total. The maximum absolute atomic E-state index is 13.5. The van der Waals surface area contributed by atoms with Gasteiger partial charge in [-0.05, 0) is 49.2 Å². The summed E-state index contributed by atoms with van der Waals surface area (Å²) in [6.07, 6.45) is 5.33. The Bertz CT molecular complexity index is 1330. The van der Waals surface area contributed by atoms with Crippen molar-refractivity contribution >= 4 is 48.6 Å². The van der Waals surface area contributed by atoms with E-state index in [4.69, 9.17) is 5.73 Å². The van der Waals surface area contributed by atoms with Gasteiger partial charge in [-0.25, -0.2) is 18.4 Å². The average molecular weight is 529 g/mol. The van der Waals surface area contributed by atoms with Crippen LogP contribution < -0.4 is 11.1 Å². The molecule has 11 heteroatoms. The van der Waals surface area contributed by atoms with E-state index < -0.39 is 15.9 Å². The normalized spacial score (nSPS) is 19.0. The number of nitrogen functional groups attached to an aromatic ring is 1. The Labute approximate surface area is 215 Å². The maximum Gasteiger partial charge on any atom is 0.243 e. The Balaban J connectivity index is 1.37. The number of likely N-dealkylation sites (N-methyl/N-ethyl adjacent to an activating group) is 1. The molecule has 1 saturated carbocycles. The lowest BCUT2D eigenvalue weighted by Crippen LogP contribution is -2.47. The largest absolute Gasteiger partial charge is 0.384 e. The zero-order chi connectivity index (χ0) is 25.3. The Morgan fingerprint density at radius 3 is 2.47 bits per heavy atom. The molecule has 2 aliphatic rings. The maximum atomic E-state index is 13.5. The zero-order valence-corrected chi connectivity index (χ0v) is 22.0. The molecule has 1 amide bonds. The van der Waals surface area contributed by atoms with Crippen molar-refractivity contribution in [1.29, 1.82) is 0 Å². The van der Waals surface area contributed by atoms with Crippen LogP contribution in [0.3, 0.4) is 0 Å². The van der Waals surface area contributed by atoms with E-state index >= 15 is 0 Å². The van der Waals surface area contributed by atoms with Gasteiger partial charge in [0.15, 0.2) is 5.13 Å². The fourth-order valence-electron chi connectivity index (χ4n) is 5.10. The molecule has 1 aliphatic carbocycles. The van der Waals surface area contributed by atoms with Crippen LogP contribution >= 0.6 is 11.3 Å². The first-order chi connectivity index (χ1) is 17.3. The van der Waals surface area contributed by atoms with E-state index in [1.165, 1.54) is 24.2 Å². The number of hydrogen-bond acceptors (Lipinski definition) is 8. The number of amides is 1. The molecule has 2 fully saturated rings. The average Bonchev–Trinajstić information content (AvgIpc) is 3.52. The van der Waals surface area contributed by atoms with Crippen molar-refractivity contribution < 1.29 is 13.2 Å². The van der Waals surface area contributed by atoms with Gasteiger partial charge in [0.25, 0.3) is 0 Å². The van der Waals surface area contributed by atoms with Gasteiger partial charge >= 0.3 is 0 Å². The monoisotopic (exact) mass is 528 g/mol. The van der Waals surface area contributed by atoms with Crippen LogP contribution in [0.15, 0.2) is 41.3 Å². The number of carbonyl (C=O) groups is 1. The third kappa shape index (κ3) is 5.39. The summed E-state index contributed by atoms with van der Waals surface area (Å²) in [5, 5.41) is 3.47. The van der Waals surface area contributed by atoms with E-state index in [0.29, 0.717) is 40.3 Å². The number of aromatic nitrogens is 2. The number of hydrogen-bond donors (Lipinski definition) is 2. The summed E-state index contributed by atoms with van der Waals surface area (Å²) in [5.74, 6) is 0.364. The quantitative estimate of drug-likeness (QED) is 0.481. The van der Waals surface area contributed by atoms with Gasteiger partial charge in [-0.1, -0.05) is 49.2 Å². The number of pyridine rings is 1. The van der Waals surface area contributed by atoms with Gasteiger partial charge in [-0.15, -0.1) is 0 Å². The second-order valence-corrected chi connectivity index (χ2v) is 12.7. The van der Waals surface area contributed by atoms with Crippen LogP contribution in [-0.2, 0) is 14.8 Å². The number of piperazine rings is 1. The highest BCUT2D eigenvalue weighted by atomic mass is 32.2. The van der Waals surface area contributed by atoms with Crippen molar-refractivity contribution in [3.63, 3.8) is 0 Å². The van der Waals surface area contributed by atoms with Crippen LogP contribution in [0.1, 0.15) is 43.6 Å². The highest BCUT2D eigenvalue weighted by Gasteiger charge is 2.30. The molecule has 0 radical (unpaired) electrons. The first-order valence-electron chi connectivity index (χ1n) is 12.4. The minimum Gasteiger partial charge on any atom is -0.384 e. The molecular weight excluding hydrogens is 496 g/mol. The van der Waals surface area contributed by atoms with E-state index in [9.17, 15) is 13.2 Å². The second kappa shape index (κ2) is 10.4. The minimum atomic E-state index is -3.56. The molecular formula is C25H32N6O3S2. The predicted octanol–water partition coefficient (Wildman–Crippen LogP) is 3.51. The van der Waals surface area contributed by atoms with Crippen molar-refractivity contribution in [2.75, 3.05) is 44.3 Å². The fourth-order valence-corrected chi connectivity index (χ4v) is 7.37. The Morgan fingerprint density at radius 2 is 1.78 bits per heavy atom. The molecule has 5 rings (SSSR count). The molecule has 36 heavy (non-hydrogen) atoms. The van der Waals surface area contributed by atoms with E-state index in [1.54, 1.807) is 40.7 Å². The van der Waals surface area contributed by atoms with Crippen LogP contribution in [0, 0.1) is 5.92 Å². The van der Waals surface area contributed by atoms with Gasteiger partial charge in [0.05, 0.1) is 10.8 Å². The Kier molecular flexibility index (Phi) is 7.25. The molecule has 0 unspecified atom stereocenters. The number of sulfonamides is 1. The number of nitrogens with one attached hydrogen (secondary N) is 1. The standard InChI is InChI=1S/C25H32N6O3S2/c1-30-12-14-31(15-13-30)36(33,34)19-8-6-18(7-9-19)20(16-17-4-2-3-5-17)23(32)29-25-27-21-10-11-22(26)28-24(21)35-25/h6-11,17,20H,2-5,12-16H2,1H3,(H2,26,28)(H,27,29,32)/t20-/m1/s1. The third-order valence-electron chi connectivity index (χ3n) is 7.25. The SMILES string of the molecule is CN1CCN(S(=O)(=O)c2ccc([C@@H](CC3CCCC3)C(=O)Nc3nc4ccc(N)nc4s3)cc2)CC1. The Hall–Kier alpha value is -2.60. The second-order valence-electron chi connectivity index (χ2n) is 9.78. The number of anilines is 2. The molecule has 3 heterocycles. The molecule has 3 aromatic rings. The van der Waals surface area contributed by atoms with Gasteiger partial charge in [0.2, 0.25) is 15.9 Å². The summed E-state index contributed by atoms with van der Waals surface area (Å²) in [6, 6.07) is 10.4. The highest BCUT2D eigenvalue weighted by Crippen LogP contribution is 2.36. The number of thiazole rings is 1. The van der Waals surface area contributed by atoms with Crippen molar-refractivity contribution in [1.82, 2.24) is 19.2 Å². The number of nitrogens with zero attached hydrogens (tertiary/aromatic N) is 4. The first-order valence-corrected chi connectivity index (χ1v) is 14.7. The summed E-state index contributed by atoms with van der Waals surface area (Å²) in [6.45, 7) is 2.40. The molecule has 3 N–H and O–H groups in total. The van der Waals surface area contributed by atoms with Crippen molar-refractivity contribution in [2.45, 2.75) is 42.9 Å². The van der Waals surface area contributed by atoms with Gasteiger partial charge in [0, 0.05) is 26.2 Å². The summed E-state index contributed by atoms with van der Waals surface area (Å²) in [5.41, 5.74) is 7.29. The van der Waals surface area contributed by atoms with Crippen LogP contribution in [-0.4, -0.2) is 66.7 Å². The number of rotatable bonds is 7. The summed E-state index contributed by atoms with van der Waals surface area (Å²) in [7, 11) is -1.56. The van der Waals surface area contributed by atoms with Crippen LogP contribution in [0.2, 0.25) is 0 Å². The molecule has 0 spiro atoms. The number of carbonyl (C=O) groups excluding carboxylic acids is 1. The minimum absolute atomic E-state index is 0.136. The van der Waals surface area contributed by atoms with E-state index in [1.807, 2.05) is 7.05 Å². The topological polar surface area (TPSA) is 122 Å².